The second-order valence-corrected chi connectivity index (χ2v) is 18.0. The van der Waals surface area contributed by atoms with E-state index in [2.05, 4.69) is 17.2 Å². The summed E-state index contributed by atoms with van der Waals surface area (Å²) < 4.78 is 54.4. The maximum Gasteiger partial charge on any atom is 0.317 e. The zero-order valence-electron chi connectivity index (χ0n) is 36.6. The molecule has 6 N–H and O–H groups in total. The van der Waals surface area contributed by atoms with Crippen LogP contribution in [0.25, 0.3) is 16.7 Å². The molecule has 2 heterocycles. The van der Waals surface area contributed by atoms with E-state index in [4.69, 9.17) is 0 Å². The van der Waals surface area contributed by atoms with Crippen molar-refractivity contribution in [3.05, 3.63) is 72.0 Å². The minimum atomic E-state index is -3.85. The molecule has 3 amide bonds. The third-order valence-electron chi connectivity index (χ3n) is 10.9. The van der Waals surface area contributed by atoms with Crippen molar-refractivity contribution in [2.45, 2.75) is 29.7 Å². The van der Waals surface area contributed by atoms with Crippen molar-refractivity contribution in [1.82, 2.24) is 35.1 Å². The highest BCUT2D eigenvalue weighted by molar-refractivity contribution is 7.91. The van der Waals surface area contributed by atoms with Crippen LogP contribution in [0.4, 0.5) is 14.5 Å². The first-order valence-electron chi connectivity index (χ1n) is 21.1. The minimum absolute atomic E-state index is 0.000565. The zero-order chi connectivity index (χ0) is 49.3. The molecule has 24 heteroatoms. The lowest BCUT2D eigenvalue weighted by molar-refractivity contribution is -0.140. The van der Waals surface area contributed by atoms with Crippen LogP contribution in [-0.2, 0) is 38.6 Å². The highest BCUT2D eigenvalue weighted by Gasteiger charge is 2.47. The van der Waals surface area contributed by atoms with E-state index in [-0.39, 0.29) is 119 Å². The summed E-state index contributed by atoms with van der Waals surface area (Å²) in [6, 6.07) is 10.5. The van der Waals surface area contributed by atoms with Gasteiger partial charge < -0.3 is 41.5 Å². The summed E-state index contributed by atoms with van der Waals surface area (Å²) in [7, 11) is -3.85. The molecule has 2 aliphatic rings. The number of amides is 3. The van der Waals surface area contributed by atoms with Gasteiger partial charge in [0.1, 0.15) is 6.04 Å². The van der Waals surface area contributed by atoms with E-state index in [0.29, 0.717) is 16.0 Å². The average molecular weight is 959 g/mol. The van der Waals surface area contributed by atoms with Crippen LogP contribution < -0.4 is 16.1 Å². The fourth-order valence-electron chi connectivity index (χ4n) is 7.49. The maximum atomic E-state index is 13.9. The smallest absolute Gasteiger partial charge is 0.317 e. The number of anilines is 1. The first-order valence-corrected chi connectivity index (χ1v) is 22.7. The molecule has 364 valence electrons. The molecule has 1 atom stereocenters. The van der Waals surface area contributed by atoms with Crippen LogP contribution in [0.1, 0.15) is 18.4 Å². The Labute approximate surface area is 385 Å². The number of aliphatic carboxylic acids is 3. The number of carboxylic acids is 3. The van der Waals surface area contributed by atoms with Crippen LogP contribution >= 0.6 is 0 Å². The van der Waals surface area contributed by atoms with Crippen molar-refractivity contribution in [3.8, 4) is 17.2 Å². The predicted molar refractivity (Wildman–Crippen MR) is 239 cm³/mol. The molecule has 0 aromatic heterocycles. The molecule has 0 aliphatic carbocycles. The Morgan fingerprint density at radius 1 is 0.806 bits per heavy atom. The monoisotopic (exact) mass is 958 g/mol. The van der Waals surface area contributed by atoms with E-state index in [1.165, 1.54) is 48.6 Å². The Kier molecular flexibility index (Phi) is 19.8. The Bertz CT molecular complexity index is 2280. The quantitative estimate of drug-likeness (QED) is 0.0455. The van der Waals surface area contributed by atoms with Gasteiger partial charge >= 0.3 is 17.9 Å². The number of alkyl halides is 2. The van der Waals surface area contributed by atoms with E-state index in [9.17, 15) is 71.8 Å². The third-order valence-corrected chi connectivity index (χ3v) is 12.7. The molecule has 0 unspecified atom stereocenters. The summed E-state index contributed by atoms with van der Waals surface area (Å²) in [6.45, 7) is 2.59. The standard InChI is InChI=1S/C43H54F2N9O12S/c1-2-4-34(42(63)48-24-38(56)54-29-43(44,45)22-32(54)23-46)35-21-31(7-10-36(35)49-64)30-5-8-33(9-6-30)67(65,66)20-3-11-47-37(55)25-50-12-14-51(26-39(57)58)16-18-53(28-41(61)62)19-17-52(15-13-50)27-40(59)60/h2,4-10,21,32,49H,1,3,11-20,22,24-29H2,(H,47,55)(H,48,63)(H,57,58)(H,59,60)(H,61,62)/q-1/b34-4+/t32-/m0/s1. The van der Waals surface area contributed by atoms with Gasteiger partial charge in [-0.1, -0.05) is 30.9 Å². The number of carboxylic acid groups (broad SMARTS) is 3. The van der Waals surface area contributed by atoms with Crippen LogP contribution in [0, 0.1) is 16.5 Å². The number of sulfone groups is 1. The van der Waals surface area contributed by atoms with Crippen molar-refractivity contribution < 1.29 is 61.3 Å². The second kappa shape index (κ2) is 25.0. The molecule has 0 spiro atoms. The summed E-state index contributed by atoms with van der Waals surface area (Å²) in [4.78, 5) is 81.0. The molecule has 2 fully saturated rings. The summed E-state index contributed by atoms with van der Waals surface area (Å²) >= 11 is 0. The highest BCUT2D eigenvalue weighted by atomic mass is 32.2. The van der Waals surface area contributed by atoms with Crippen LogP contribution in [0.2, 0.25) is 0 Å². The number of nitrogens with zero attached hydrogens (tertiary/aromatic N) is 6. The predicted octanol–water partition coefficient (Wildman–Crippen LogP) is 0.464. The van der Waals surface area contributed by atoms with Gasteiger partial charge in [0.05, 0.1) is 56.0 Å². The van der Waals surface area contributed by atoms with E-state index in [0.717, 1.165) is 0 Å². The summed E-state index contributed by atoms with van der Waals surface area (Å²) in [5.41, 5.74) is 2.63. The lowest BCUT2D eigenvalue weighted by Crippen LogP contribution is -2.49. The van der Waals surface area contributed by atoms with Crippen molar-refractivity contribution in [1.29, 1.82) is 5.26 Å². The van der Waals surface area contributed by atoms with Crippen molar-refractivity contribution in [2.24, 2.45) is 0 Å². The Balaban J connectivity index is 1.36. The molecule has 0 saturated carbocycles. The molecule has 2 aliphatic heterocycles. The second-order valence-electron chi connectivity index (χ2n) is 15.9. The number of benzene rings is 2. The summed E-state index contributed by atoms with van der Waals surface area (Å²) in [5.74, 6) is -9.02. The number of nitrogens with one attached hydrogen (secondary N) is 3. The van der Waals surface area contributed by atoms with Crippen molar-refractivity contribution in [2.75, 3.05) is 109 Å². The fourth-order valence-corrected chi connectivity index (χ4v) is 8.81. The van der Waals surface area contributed by atoms with Crippen LogP contribution in [-0.4, -0.2) is 200 Å². The number of hydrogen-bond acceptors (Lipinski definition) is 15. The fraction of sp³-hybridized carbons (Fsp3) is 0.465. The van der Waals surface area contributed by atoms with Gasteiger partial charge in [-0.3, -0.25) is 48.4 Å². The van der Waals surface area contributed by atoms with Gasteiger partial charge in [0.2, 0.25) is 11.8 Å². The first-order chi connectivity index (χ1) is 31.7. The van der Waals surface area contributed by atoms with Gasteiger partial charge in [-0.2, -0.15) is 5.26 Å². The Morgan fingerprint density at radius 3 is 1.79 bits per heavy atom. The van der Waals surface area contributed by atoms with Crippen LogP contribution in [0.3, 0.4) is 0 Å². The highest BCUT2D eigenvalue weighted by Crippen LogP contribution is 2.33. The van der Waals surface area contributed by atoms with Gasteiger partial charge in [-0.25, -0.2) is 17.2 Å². The molecule has 2 aromatic rings. The van der Waals surface area contributed by atoms with E-state index in [1.807, 2.05) is 0 Å². The largest absolute Gasteiger partial charge is 0.761 e. The molecule has 0 radical (unpaired) electrons. The molecular formula is C43H54F2N9O12S-. The van der Waals surface area contributed by atoms with E-state index >= 15 is 0 Å². The van der Waals surface area contributed by atoms with Crippen molar-refractivity contribution in [3.63, 3.8) is 0 Å². The molecule has 0 bridgehead atoms. The third kappa shape index (κ3) is 16.8. The zero-order valence-corrected chi connectivity index (χ0v) is 37.4. The molecule has 4 rings (SSSR count). The number of hydrogen-bond donors (Lipinski definition) is 6. The molecule has 2 aromatic carbocycles. The van der Waals surface area contributed by atoms with Gasteiger partial charge in [0, 0.05) is 82.1 Å². The molecule has 67 heavy (non-hydrogen) atoms. The lowest BCUT2D eigenvalue weighted by atomic mass is 9.96. The summed E-state index contributed by atoms with van der Waals surface area (Å²) in [6.07, 6.45) is 1.75. The molecular weight excluding hydrogens is 905 g/mol. The van der Waals surface area contributed by atoms with Gasteiger partial charge in [-0.05, 0) is 47.9 Å². The van der Waals surface area contributed by atoms with E-state index < -0.39 is 76.9 Å². The number of likely N-dealkylation sites (tertiary alicyclic amines) is 1. The first kappa shape index (κ1) is 53.3. The molecule has 21 nitrogen and oxygen atoms in total. The number of carbonyl (C=O) groups is 6. The number of carbonyl (C=O) groups excluding carboxylic acids is 3. The Morgan fingerprint density at radius 2 is 1.31 bits per heavy atom. The number of halogens is 2. The molecule has 2 saturated heterocycles. The SMILES string of the molecule is C=C/C=C(/C(=O)NCC(=O)N1CC(F)(F)C[C@H]1C#N)c1cc(-c2ccc(S(=O)(=O)CCCNC(=O)CN3CCN(CC(=O)O)CCN(CC(=O)O)CCN(CC(=O)O)CC3)cc2)ccc1N[O-]. The normalized spacial score (nSPS) is 18.1. The Hall–Kier alpha value is -6.36. The number of rotatable bonds is 20. The van der Waals surface area contributed by atoms with Gasteiger partial charge in [0.25, 0.3) is 11.8 Å². The minimum Gasteiger partial charge on any atom is -0.761 e. The summed E-state index contributed by atoms with van der Waals surface area (Å²) in [5, 5.41) is 54.5. The van der Waals surface area contributed by atoms with Crippen LogP contribution in [0.15, 0.2) is 66.1 Å². The number of allylic oxidation sites excluding steroid dienone is 2. The van der Waals surface area contributed by atoms with E-state index in [1.54, 1.807) is 37.2 Å². The average Bonchev–Trinajstić information content (AvgIpc) is 3.60. The maximum absolute atomic E-state index is 13.9. The van der Waals surface area contributed by atoms with Crippen molar-refractivity contribution >= 4 is 56.7 Å². The van der Waals surface area contributed by atoms with Gasteiger partial charge in [0.15, 0.2) is 9.84 Å². The van der Waals surface area contributed by atoms with Crippen LogP contribution in [0.5, 0.6) is 0 Å². The topological polar surface area (TPSA) is 296 Å². The lowest BCUT2D eigenvalue weighted by Gasteiger charge is -2.32. The van der Waals surface area contributed by atoms with Gasteiger partial charge in [-0.15, -0.1) is 0 Å². The number of nitriles is 1.